The molecule has 1 aromatic carbocycles. The van der Waals surface area contributed by atoms with E-state index in [1.807, 2.05) is 11.3 Å². The predicted octanol–water partition coefficient (Wildman–Crippen LogP) is 4.54. The number of hydrogen-bond acceptors (Lipinski definition) is 2. The van der Waals surface area contributed by atoms with Gasteiger partial charge in [-0.1, -0.05) is 30.7 Å². The Bertz CT molecular complexity index is 607. The van der Waals surface area contributed by atoms with Gasteiger partial charge in [0.2, 0.25) is 0 Å². The van der Waals surface area contributed by atoms with E-state index in [0.717, 1.165) is 6.04 Å². The molecule has 1 saturated heterocycles. The molecule has 2 aliphatic rings. The zero-order chi connectivity index (χ0) is 12.8. The number of nitrogens with zero attached hydrogens (tertiary/aromatic N) is 1. The predicted molar refractivity (Wildman–Crippen MR) is 83.6 cm³/mol. The number of thiophene rings is 1. The number of benzene rings is 1. The average Bonchev–Trinajstić information content (AvgIpc) is 2.82. The van der Waals surface area contributed by atoms with Crippen molar-refractivity contribution in [1.29, 1.82) is 0 Å². The van der Waals surface area contributed by atoms with Crippen molar-refractivity contribution >= 4 is 27.0 Å². The van der Waals surface area contributed by atoms with Crippen LogP contribution < -0.4 is 0 Å². The van der Waals surface area contributed by atoms with Gasteiger partial charge in [0.15, 0.2) is 0 Å². The third-order valence-electron chi connectivity index (χ3n) is 4.73. The van der Waals surface area contributed by atoms with Crippen LogP contribution in [0.3, 0.4) is 0 Å². The van der Waals surface area contributed by atoms with Gasteiger partial charge in [-0.15, -0.1) is 11.3 Å². The van der Waals surface area contributed by atoms with E-state index in [2.05, 4.69) is 48.4 Å². The monoisotopic (exact) mass is 269 g/mol. The summed E-state index contributed by atoms with van der Waals surface area (Å²) < 4.78 is 1.42. The largest absolute Gasteiger partial charge is 0.297 e. The molecule has 2 bridgehead atoms. The Labute approximate surface area is 118 Å². The fourth-order valence-electron chi connectivity index (χ4n) is 3.56. The number of fused-ring (bicyclic) bond motifs is 3. The molecule has 1 fully saturated rings. The third kappa shape index (κ3) is 1.94. The van der Waals surface area contributed by atoms with E-state index in [1.54, 1.807) is 5.57 Å². The van der Waals surface area contributed by atoms with Crippen LogP contribution in [0.2, 0.25) is 0 Å². The Hall–Kier alpha value is -1.12. The van der Waals surface area contributed by atoms with Gasteiger partial charge in [0.1, 0.15) is 0 Å². The summed E-state index contributed by atoms with van der Waals surface area (Å²) in [5.41, 5.74) is 1.59. The maximum absolute atomic E-state index is 2.58. The zero-order valence-corrected chi connectivity index (χ0v) is 12.1. The lowest BCUT2D eigenvalue weighted by Crippen LogP contribution is -2.45. The van der Waals surface area contributed by atoms with E-state index < -0.39 is 0 Å². The van der Waals surface area contributed by atoms with Crippen molar-refractivity contribution in [1.82, 2.24) is 4.90 Å². The highest BCUT2D eigenvalue weighted by Gasteiger charge is 2.31. The molecule has 0 amide bonds. The maximum atomic E-state index is 2.58. The third-order valence-corrected chi connectivity index (χ3v) is 5.92. The van der Waals surface area contributed by atoms with Gasteiger partial charge in [0.05, 0.1) is 0 Å². The van der Waals surface area contributed by atoms with Crippen molar-refractivity contribution in [2.45, 2.75) is 37.8 Å². The number of hydrogen-bond donors (Lipinski definition) is 0. The molecule has 1 aromatic heterocycles. The first kappa shape index (κ1) is 11.7. The van der Waals surface area contributed by atoms with Crippen LogP contribution in [0, 0.1) is 0 Å². The van der Waals surface area contributed by atoms with Crippen LogP contribution in [-0.2, 0) is 0 Å². The summed E-state index contributed by atoms with van der Waals surface area (Å²) in [4.78, 5) is 4.08. The Balaban J connectivity index is 1.76. The average molecular weight is 269 g/mol. The molecule has 2 aromatic rings. The minimum absolute atomic E-state index is 0.674. The van der Waals surface area contributed by atoms with Gasteiger partial charge < -0.3 is 0 Å². The molecule has 0 aliphatic carbocycles. The van der Waals surface area contributed by atoms with Gasteiger partial charge in [-0.05, 0) is 49.4 Å². The molecule has 2 atom stereocenters. The maximum Gasteiger partial charge on any atom is 0.0349 e. The minimum atomic E-state index is 0.674. The van der Waals surface area contributed by atoms with E-state index >= 15 is 0 Å². The molecular formula is C17H19NS. The number of likely N-dealkylation sites (N-methyl/N-ethyl adjacent to an activating group) is 1. The van der Waals surface area contributed by atoms with E-state index in [0.29, 0.717) is 6.04 Å². The Morgan fingerprint density at radius 1 is 1.21 bits per heavy atom. The molecule has 0 radical (unpaired) electrons. The molecule has 0 spiro atoms. The van der Waals surface area contributed by atoms with Gasteiger partial charge in [0, 0.05) is 21.7 Å². The van der Waals surface area contributed by atoms with Gasteiger partial charge in [-0.3, -0.25) is 4.90 Å². The van der Waals surface area contributed by atoms with Crippen LogP contribution in [0.4, 0.5) is 0 Å². The van der Waals surface area contributed by atoms with Crippen LogP contribution in [0.5, 0.6) is 0 Å². The van der Waals surface area contributed by atoms with Crippen LogP contribution in [0.15, 0.2) is 36.4 Å². The summed E-state index contributed by atoms with van der Waals surface area (Å²) in [5.74, 6) is 0. The molecule has 2 heteroatoms. The first-order valence-corrected chi connectivity index (χ1v) is 8.04. The quantitative estimate of drug-likeness (QED) is 0.734. The highest BCUT2D eigenvalue weighted by Crippen LogP contribution is 2.39. The lowest BCUT2D eigenvalue weighted by molar-refractivity contribution is 0.137. The standard InChI is InChI=1S/C17H19NS/c1-18-14-6-4-7-15(18)10-13(9-14)17-11-12-5-2-3-8-16(12)19-17/h2-3,5,8-9,11,14-15H,4,6-7,10H2,1H3. The molecule has 2 aliphatic heterocycles. The van der Waals surface area contributed by atoms with Crippen molar-refractivity contribution in [3.05, 3.63) is 41.3 Å². The normalized spacial score (nSPS) is 27.5. The lowest BCUT2D eigenvalue weighted by atomic mass is 9.85. The topological polar surface area (TPSA) is 3.24 Å². The van der Waals surface area contributed by atoms with E-state index in [9.17, 15) is 0 Å². The Kier molecular flexibility index (Phi) is 2.75. The highest BCUT2D eigenvalue weighted by molar-refractivity contribution is 7.20. The smallest absolute Gasteiger partial charge is 0.0349 e. The second-order valence-electron chi connectivity index (χ2n) is 5.86. The molecule has 0 N–H and O–H groups in total. The number of piperidine rings is 1. The van der Waals surface area contributed by atoms with E-state index in [4.69, 9.17) is 0 Å². The SMILES string of the molecule is CN1C2C=C(c3cc4ccccc4s3)CC1CCC2. The molecule has 19 heavy (non-hydrogen) atoms. The first-order chi connectivity index (χ1) is 9.31. The van der Waals surface area contributed by atoms with E-state index in [-0.39, 0.29) is 0 Å². The number of rotatable bonds is 1. The van der Waals surface area contributed by atoms with Crippen molar-refractivity contribution in [3.8, 4) is 0 Å². The van der Waals surface area contributed by atoms with Gasteiger partial charge >= 0.3 is 0 Å². The second kappa shape index (κ2) is 4.46. The van der Waals surface area contributed by atoms with Crippen LogP contribution >= 0.6 is 11.3 Å². The Morgan fingerprint density at radius 3 is 2.95 bits per heavy atom. The molecule has 4 rings (SSSR count). The lowest BCUT2D eigenvalue weighted by Gasteiger charge is -2.42. The van der Waals surface area contributed by atoms with Crippen LogP contribution in [0.1, 0.15) is 30.6 Å². The molecule has 98 valence electrons. The summed E-state index contributed by atoms with van der Waals surface area (Å²) in [5, 5.41) is 1.40. The second-order valence-corrected chi connectivity index (χ2v) is 6.95. The minimum Gasteiger partial charge on any atom is -0.297 e. The van der Waals surface area contributed by atoms with Crippen molar-refractivity contribution in [2.24, 2.45) is 0 Å². The molecule has 0 saturated carbocycles. The van der Waals surface area contributed by atoms with Crippen LogP contribution in [-0.4, -0.2) is 24.0 Å². The van der Waals surface area contributed by atoms with E-state index in [1.165, 1.54) is 40.6 Å². The molecule has 2 unspecified atom stereocenters. The van der Waals surface area contributed by atoms with Crippen molar-refractivity contribution in [3.63, 3.8) is 0 Å². The van der Waals surface area contributed by atoms with Gasteiger partial charge in [0.25, 0.3) is 0 Å². The molecule has 3 heterocycles. The first-order valence-electron chi connectivity index (χ1n) is 7.23. The molecular weight excluding hydrogens is 250 g/mol. The molecule has 1 nitrogen and oxygen atoms in total. The zero-order valence-electron chi connectivity index (χ0n) is 11.3. The summed E-state index contributed by atoms with van der Waals surface area (Å²) >= 11 is 1.96. The van der Waals surface area contributed by atoms with Crippen molar-refractivity contribution in [2.75, 3.05) is 7.05 Å². The summed E-state index contributed by atoms with van der Waals surface area (Å²) in [7, 11) is 2.30. The van der Waals surface area contributed by atoms with Gasteiger partial charge in [-0.2, -0.15) is 0 Å². The summed E-state index contributed by atoms with van der Waals surface area (Å²) in [6, 6.07) is 12.6. The summed E-state index contributed by atoms with van der Waals surface area (Å²) in [6.45, 7) is 0. The summed E-state index contributed by atoms with van der Waals surface area (Å²) in [6.07, 6.45) is 7.87. The highest BCUT2D eigenvalue weighted by atomic mass is 32.1. The fourth-order valence-corrected chi connectivity index (χ4v) is 4.66. The van der Waals surface area contributed by atoms with Crippen molar-refractivity contribution < 1.29 is 0 Å². The Morgan fingerprint density at radius 2 is 2.11 bits per heavy atom. The fraction of sp³-hybridized carbons (Fsp3) is 0.412. The van der Waals surface area contributed by atoms with Crippen LogP contribution in [0.25, 0.3) is 15.7 Å². The van der Waals surface area contributed by atoms with Gasteiger partial charge in [-0.25, -0.2) is 0 Å².